The van der Waals surface area contributed by atoms with Crippen molar-refractivity contribution < 1.29 is 9.32 Å². The van der Waals surface area contributed by atoms with Crippen LogP contribution in [0.3, 0.4) is 0 Å². The molecule has 1 aromatic carbocycles. The molecule has 1 N–H and O–H groups in total. The number of aromatic nitrogens is 5. The van der Waals surface area contributed by atoms with Crippen LogP contribution in [0.4, 0.5) is 0 Å². The van der Waals surface area contributed by atoms with Gasteiger partial charge in [-0.3, -0.25) is 9.59 Å². The zero-order chi connectivity index (χ0) is 22.8. The molecule has 164 valence electrons. The Kier molecular flexibility index (Phi) is 5.91. The lowest BCUT2D eigenvalue weighted by Crippen LogP contribution is -2.32. The van der Waals surface area contributed by atoms with Crippen molar-refractivity contribution in [2.75, 3.05) is 6.54 Å². The van der Waals surface area contributed by atoms with Crippen LogP contribution in [0.2, 0.25) is 5.02 Å². The second kappa shape index (κ2) is 8.80. The molecule has 0 spiro atoms. The summed E-state index contributed by atoms with van der Waals surface area (Å²) in [5.41, 5.74) is 2.76. The van der Waals surface area contributed by atoms with Gasteiger partial charge in [-0.25, -0.2) is 9.36 Å². The minimum absolute atomic E-state index is 0.179. The topological polar surface area (TPSA) is 108 Å². The number of nitrogens with zero attached hydrogens (tertiary/aromatic N) is 5. The van der Waals surface area contributed by atoms with E-state index in [0.717, 1.165) is 11.4 Å². The molecule has 0 aliphatic carbocycles. The van der Waals surface area contributed by atoms with Gasteiger partial charge in [-0.2, -0.15) is 5.10 Å². The van der Waals surface area contributed by atoms with E-state index >= 15 is 0 Å². The van der Waals surface area contributed by atoms with Crippen molar-refractivity contribution in [1.29, 1.82) is 0 Å². The summed E-state index contributed by atoms with van der Waals surface area (Å²) in [6, 6.07) is 12.1. The number of hydrogen-bond donors (Lipinski definition) is 1. The van der Waals surface area contributed by atoms with Crippen LogP contribution in [0.15, 0.2) is 51.8 Å². The Morgan fingerprint density at radius 3 is 2.62 bits per heavy atom. The lowest BCUT2D eigenvalue weighted by molar-refractivity contribution is 0.0950. The molecule has 4 aromatic rings. The SMILES string of the molecule is Cc1cc(C)n(-c2ccc(=O)n(CCNC(=O)c3c(-c4ccccc4Cl)noc3C)n2)n1. The number of rotatable bonds is 6. The fraction of sp³-hybridized carbons (Fsp3) is 0.227. The summed E-state index contributed by atoms with van der Waals surface area (Å²) in [6.45, 7) is 5.82. The molecule has 0 fully saturated rings. The normalized spacial score (nSPS) is 11.0. The number of nitrogens with one attached hydrogen (secondary N) is 1. The molecule has 3 aromatic heterocycles. The van der Waals surface area contributed by atoms with Crippen LogP contribution >= 0.6 is 11.6 Å². The quantitative estimate of drug-likeness (QED) is 0.481. The molecule has 9 nitrogen and oxygen atoms in total. The smallest absolute Gasteiger partial charge is 0.266 e. The highest BCUT2D eigenvalue weighted by Gasteiger charge is 2.22. The Hall–Kier alpha value is -3.72. The van der Waals surface area contributed by atoms with E-state index in [4.69, 9.17) is 16.1 Å². The van der Waals surface area contributed by atoms with Crippen LogP contribution in [-0.2, 0) is 6.54 Å². The fourth-order valence-corrected chi connectivity index (χ4v) is 3.64. The molecular weight excluding hydrogens is 432 g/mol. The maximum atomic E-state index is 12.9. The molecule has 3 heterocycles. The Morgan fingerprint density at radius 2 is 1.91 bits per heavy atom. The van der Waals surface area contributed by atoms with Gasteiger partial charge in [-0.05, 0) is 39.0 Å². The Bertz CT molecular complexity index is 1350. The molecule has 1 amide bonds. The number of carbonyl (C=O) groups excluding carboxylic acids is 1. The monoisotopic (exact) mass is 452 g/mol. The third kappa shape index (κ3) is 4.19. The summed E-state index contributed by atoms with van der Waals surface area (Å²) in [6.07, 6.45) is 0. The van der Waals surface area contributed by atoms with Crippen molar-refractivity contribution >= 4 is 17.5 Å². The number of aryl methyl sites for hydroxylation is 3. The fourth-order valence-electron chi connectivity index (χ4n) is 3.41. The van der Waals surface area contributed by atoms with Crippen LogP contribution in [0, 0.1) is 20.8 Å². The van der Waals surface area contributed by atoms with Crippen molar-refractivity contribution in [3.8, 4) is 17.1 Å². The third-order valence-electron chi connectivity index (χ3n) is 4.91. The van der Waals surface area contributed by atoms with Crippen molar-refractivity contribution in [2.24, 2.45) is 0 Å². The average Bonchev–Trinajstić information content (AvgIpc) is 3.31. The zero-order valence-electron chi connectivity index (χ0n) is 17.8. The van der Waals surface area contributed by atoms with Crippen LogP contribution in [0.25, 0.3) is 17.1 Å². The second-order valence-corrected chi connectivity index (χ2v) is 7.70. The number of benzene rings is 1. The minimum Gasteiger partial charge on any atom is -0.360 e. The Balaban J connectivity index is 1.51. The lowest BCUT2D eigenvalue weighted by atomic mass is 10.1. The molecule has 0 saturated carbocycles. The largest absolute Gasteiger partial charge is 0.360 e. The van der Waals surface area contributed by atoms with E-state index in [0.29, 0.717) is 33.4 Å². The van der Waals surface area contributed by atoms with Gasteiger partial charge in [0.05, 0.1) is 17.3 Å². The van der Waals surface area contributed by atoms with E-state index < -0.39 is 0 Å². The number of hydrogen-bond acceptors (Lipinski definition) is 6. The van der Waals surface area contributed by atoms with Gasteiger partial charge >= 0.3 is 0 Å². The predicted molar refractivity (Wildman–Crippen MR) is 119 cm³/mol. The van der Waals surface area contributed by atoms with Gasteiger partial charge in [0.25, 0.3) is 11.5 Å². The summed E-state index contributed by atoms with van der Waals surface area (Å²) < 4.78 is 8.20. The standard InChI is InChI=1S/C22H21ClN6O3/c1-13-12-14(2)29(25-13)18-8-9-19(30)28(26-18)11-10-24-22(31)20-15(3)32-27-21(20)16-6-4-5-7-17(16)23/h4-9,12H,10-11H2,1-3H3,(H,24,31). The van der Waals surface area contributed by atoms with Gasteiger partial charge in [0, 0.05) is 23.9 Å². The number of amides is 1. The van der Waals surface area contributed by atoms with Gasteiger partial charge in [0.15, 0.2) is 5.82 Å². The Morgan fingerprint density at radius 1 is 1.12 bits per heavy atom. The van der Waals surface area contributed by atoms with E-state index in [1.54, 1.807) is 41.9 Å². The predicted octanol–water partition coefficient (Wildman–Crippen LogP) is 3.09. The third-order valence-corrected chi connectivity index (χ3v) is 5.24. The number of halogens is 1. The molecule has 0 aliphatic heterocycles. The minimum atomic E-state index is -0.374. The van der Waals surface area contributed by atoms with Crippen LogP contribution in [-0.4, -0.2) is 37.2 Å². The highest BCUT2D eigenvalue weighted by atomic mass is 35.5. The van der Waals surface area contributed by atoms with Crippen LogP contribution in [0.5, 0.6) is 0 Å². The van der Waals surface area contributed by atoms with E-state index in [9.17, 15) is 9.59 Å². The summed E-state index contributed by atoms with van der Waals surface area (Å²) in [4.78, 5) is 25.1. The summed E-state index contributed by atoms with van der Waals surface area (Å²) >= 11 is 6.26. The van der Waals surface area contributed by atoms with Gasteiger partial charge in [-0.1, -0.05) is 35.0 Å². The van der Waals surface area contributed by atoms with Crippen LogP contribution < -0.4 is 10.9 Å². The van der Waals surface area contributed by atoms with Gasteiger partial charge in [0.1, 0.15) is 17.0 Å². The number of carbonyl (C=O) groups is 1. The average molecular weight is 453 g/mol. The molecule has 0 atom stereocenters. The maximum absolute atomic E-state index is 12.9. The van der Waals surface area contributed by atoms with Gasteiger partial charge in [-0.15, -0.1) is 5.10 Å². The first-order valence-electron chi connectivity index (χ1n) is 9.96. The van der Waals surface area contributed by atoms with Crippen molar-refractivity contribution in [3.05, 3.63) is 80.6 Å². The van der Waals surface area contributed by atoms with E-state index in [1.165, 1.54) is 10.7 Å². The molecule has 0 bridgehead atoms. The first-order chi connectivity index (χ1) is 15.3. The molecule has 0 aliphatic rings. The molecule has 4 rings (SSSR count). The highest BCUT2D eigenvalue weighted by Crippen LogP contribution is 2.30. The molecule has 0 saturated heterocycles. The zero-order valence-corrected chi connectivity index (χ0v) is 18.6. The Labute approximate surface area is 188 Å². The molecule has 0 radical (unpaired) electrons. The van der Waals surface area contributed by atoms with E-state index in [-0.39, 0.29) is 24.6 Å². The van der Waals surface area contributed by atoms with Gasteiger partial charge in [0.2, 0.25) is 0 Å². The first-order valence-corrected chi connectivity index (χ1v) is 10.3. The second-order valence-electron chi connectivity index (χ2n) is 7.29. The first kappa shape index (κ1) is 21.5. The van der Waals surface area contributed by atoms with Crippen molar-refractivity contribution in [3.63, 3.8) is 0 Å². The highest BCUT2D eigenvalue weighted by molar-refractivity contribution is 6.33. The summed E-state index contributed by atoms with van der Waals surface area (Å²) in [5, 5.41) is 16.0. The molecule has 10 heteroatoms. The summed E-state index contributed by atoms with van der Waals surface area (Å²) in [7, 11) is 0. The van der Waals surface area contributed by atoms with Crippen molar-refractivity contribution in [2.45, 2.75) is 27.3 Å². The maximum Gasteiger partial charge on any atom is 0.266 e. The van der Waals surface area contributed by atoms with E-state index in [1.807, 2.05) is 19.9 Å². The van der Waals surface area contributed by atoms with Crippen molar-refractivity contribution in [1.82, 2.24) is 30.0 Å². The summed E-state index contributed by atoms with van der Waals surface area (Å²) in [5.74, 6) is 0.526. The molecular formula is C22H21ClN6O3. The van der Waals surface area contributed by atoms with Crippen LogP contribution in [0.1, 0.15) is 27.5 Å². The molecule has 32 heavy (non-hydrogen) atoms. The van der Waals surface area contributed by atoms with E-state index in [2.05, 4.69) is 20.7 Å². The lowest BCUT2D eigenvalue weighted by Gasteiger charge is -2.10. The van der Waals surface area contributed by atoms with Gasteiger partial charge < -0.3 is 9.84 Å². The molecule has 0 unspecified atom stereocenters.